The minimum Gasteiger partial charge on any atom is -0.439 e. The van der Waals surface area contributed by atoms with Crippen molar-refractivity contribution < 1.29 is 22.7 Å². The lowest BCUT2D eigenvalue weighted by atomic mass is 9.99. The summed E-state index contributed by atoms with van der Waals surface area (Å²) in [7, 11) is 0. The Morgan fingerprint density at radius 3 is 2.51 bits per heavy atom. The van der Waals surface area contributed by atoms with E-state index in [1.54, 1.807) is 36.4 Å². The van der Waals surface area contributed by atoms with Gasteiger partial charge in [-0.3, -0.25) is 14.8 Å². The van der Waals surface area contributed by atoms with E-state index in [1.807, 2.05) is 0 Å². The van der Waals surface area contributed by atoms with Crippen LogP contribution in [0.4, 0.5) is 18.9 Å². The summed E-state index contributed by atoms with van der Waals surface area (Å²) in [5, 5.41) is 10.2. The standard InChI is InChI=1S/C31H26F3N5O2/c32-21-5-8-23(9-6-21)41-28-11-7-22(17-35-28)36-31(40)30-25-16-20(4-10-27(25)37-38-30)24-14-19(15-26(33)29(24)34)18-39-12-2-1-3-13-39/h4-11,14-17H,1-3,12-13,18H2,(H,36,40)(H,37,38). The second-order valence-electron chi connectivity index (χ2n) is 10.0. The largest absolute Gasteiger partial charge is 0.439 e. The number of ether oxygens (including phenoxy) is 1. The van der Waals surface area contributed by atoms with Crippen LogP contribution in [-0.4, -0.2) is 39.1 Å². The molecule has 1 amide bonds. The third-order valence-corrected chi connectivity index (χ3v) is 7.06. The molecule has 3 heterocycles. The van der Waals surface area contributed by atoms with Gasteiger partial charge in [0, 0.05) is 23.6 Å². The van der Waals surface area contributed by atoms with E-state index in [0.29, 0.717) is 40.0 Å². The monoisotopic (exact) mass is 557 g/mol. The van der Waals surface area contributed by atoms with Gasteiger partial charge < -0.3 is 10.1 Å². The normalized spacial score (nSPS) is 13.8. The predicted molar refractivity (Wildman–Crippen MR) is 149 cm³/mol. The Kier molecular flexibility index (Phi) is 7.39. The number of aromatic amines is 1. The van der Waals surface area contributed by atoms with Crippen LogP contribution >= 0.6 is 0 Å². The molecule has 2 aromatic heterocycles. The number of nitrogens with zero attached hydrogens (tertiary/aromatic N) is 3. The number of carbonyl (C=O) groups is 1. The summed E-state index contributed by atoms with van der Waals surface area (Å²) in [5.74, 6) is -2.04. The summed E-state index contributed by atoms with van der Waals surface area (Å²) >= 11 is 0. The number of fused-ring (bicyclic) bond motifs is 1. The zero-order valence-corrected chi connectivity index (χ0v) is 22.0. The molecule has 5 aromatic rings. The van der Waals surface area contributed by atoms with Crippen molar-refractivity contribution in [3.05, 3.63) is 102 Å². The van der Waals surface area contributed by atoms with Gasteiger partial charge in [0.25, 0.3) is 5.91 Å². The van der Waals surface area contributed by atoms with Crippen molar-refractivity contribution in [2.75, 3.05) is 18.4 Å². The Hall–Kier alpha value is -4.70. The first-order valence-electron chi connectivity index (χ1n) is 13.3. The highest BCUT2D eigenvalue weighted by Crippen LogP contribution is 2.31. The number of H-pyrrole nitrogens is 1. The molecule has 0 unspecified atom stereocenters. The van der Waals surface area contributed by atoms with Crippen LogP contribution in [0, 0.1) is 17.5 Å². The quantitative estimate of drug-likeness (QED) is 0.224. The number of anilines is 1. The first kappa shape index (κ1) is 26.5. The third kappa shape index (κ3) is 5.92. The molecule has 1 aliphatic heterocycles. The number of rotatable bonds is 7. The van der Waals surface area contributed by atoms with E-state index < -0.39 is 17.5 Å². The number of hydrogen-bond donors (Lipinski definition) is 2. The summed E-state index contributed by atoms with van der Waals surface area (Å²) in [6.45, 7) is 2.42. The average Bonchev–Trinajstić information content (AvgIpc) is 3.41. The molecule has 1 aliphatic rings. The van der Waals surface area contributed by atoms with Crippen molar-refractivity contribution in [2.24, 2.45) is 0 Å². The molecule has 6 rings (SSSR count). The molecule has 10 heteroatoms. The lowest BCUT2D eigenvalue weighted by Gasteiger charge is -2.26. The number of hydrogen-bond acceptors (Lipinski definition) is 5. The first-order chi connectivity index (χ1) is 19.9. The number of piperidine rings is 1. The van der Waals surface area contributed by atoms with Gasteiger partial charge in [-0.15, -0.1) is 0 Å². The van der Waals surface area contributed by atoms with Gasteiger partial charge in [-0.1, -0.05) is 12.5 Å². The Bertz CT molecular complexity index is 1700. The molecule has 7 nitrogen and oxygen atoms in total. The van der Waals surface area contributed by atoms with E-state index in [-0.39, 0.29) is 23.0 Å². The van der Waals surface area contributed by atoms with Gasteiger partial charge in [0.15, 0.2) is 17.3 Å². The lowest BCUT2D eigenvalue weighted by molar-refractivity contribution is 0.102. The molecule has 0 aliphatic carbocycles. The smallest absolute Gasteiger partial charge is 0.276 e. The van der Waals surface area contributed by atoms with Crippen molar-refractivity contribution in [1.29, 1.82) is 0 Å². The highest BCUT2D eigenvalue weighted by Gasteiger charge is 2.19. The van der Waals surface area contributed by atoms with Crippen LogP contribution in [-0.2, 0) is 6.54 Å². The van der Waals surface area contributed by atoms with Crippen molar-refractivity contribution >= 4 is 22.5 Å². The molecule has 208 valence electrons. The van der Waals surface area contributed by atoms with Gasteiger partial charge in [0.05, 0.1) is 17.4 Å². The molecule has 0 atom stereocenters. The molecule has 0 radical (unpaired) electrons. The minimum atomic E-state index is -0.935. The van der Waals surface area contributed by atoms with Crippen molar-refractivity contribution in [2.45, 2.75) is 25.8 Å². The number of carbonyl (C=O) groups excluding carboxylic acids is 1. The minimum absolute atomic E-state index is 0.0961. The molecule has 0 bridgehead atoms. The second-order valence-corrected chi connectivity index (χ2v) is 10.0. The molecule has 2 N–H and O–H groups in total. The van der Waals surface area contributed by atoms with Crippen LogP contribution in [0.25, 0.3) is 22.0 Å². The molecule has 0 saturated carbocycles. The fraction of sp³-hybridized carbons (Fsp3) is 0.194. The Balaban J connectivity index is 1.21. The van der Waals surface area contributed by atoms with E-state index in [1.165, 1.54) is 42.9 Å². The summed E-state index contributed by atoms with van der Waals surface area (Å²) in [6, 6.07) is 16.6. The maximum absolute atomic E-state index is 15.0. The number of benzene rings is 3. The molecule has 1 fully saturated rings. The predicted octanol–water partition coefficient (Wildman–Crippen LogP) is 7.07. The molecule has 41 heavy (non-hydrogen) atoms. The van der Waals surface area contributed by atoms with Crippen LogP contribution in [0.3, 0.4) is 0 Å². The van der Waals surface area contributed by atoms with Crippen molar-refractivity contribution in [3.63, 3.8) is 0 Å². The van der Waals surface area contributed by atoms with Crippen LogP contribution < -0.4 is 10.1 Å². The lowest BCUT2D eigenvalue weighted by Crippen LogP contribution is -2.29. The molecule has 3 aromatic carbocycles. The van der Waals surface area contributed by atoms with Crippen LogP contribution in [0.1, 0.15) is 35.3 Å². The fourth-order valence-corrected chi connectivity index (χ4v) is 5.01. The van der Waals surface area contributed by atoms with E-state index in [4.69, 9.17) is 4.74 Å². The number of halogens is 3. The van der Waals surface area contributed by atoms with Gasteiger partial charge in [-0.05, 0) is 91.7 Å². The zero-order valence-electron chi connectivity index (χ0n) is 22.0. The molecular formula is C31H26F3N5O2. The summed E-state index contributed by atoms with van der Waals surface area (Å²) < 4.78 is 48.3. The van der Waals surface area contributed by atoms with Gasteiger partial charge in [-0.2, -0.15) is 5.10 Å². The maximum Gasteiger partial charge on any atom is 0.276 e. The topological polar surface area (TPSA) is 83.1 Å². The SMILES string of the molecule is O=C(Nc1ccc(Oc2ccc(F)cc2)nc1)c1n[nH]c2ccc(-c3cc(CN4CCCCC4)cc(F)c3F)cc12. The molecule has 1 saturated heterocycles. The summed E-state index contributed by atoms with van der Waals surface area (Å²) in [5.41, 5.74) is 2.34. The Morgan fingerprint density at radius 1 is 0.951 bits per heavy atom. The Morgan fingerprint density at radius 2 is 1.76 bits per heavy atom. The van der Waals surface area contributed by atoms with Gasteiger partial charge >= 0.3 is 0 Å². The maximum atomic E-state index is 15.0. The summed E-state index contributed by atoms with van der Waals surface area (Å²) in [6.07, 6.45) is 4.81. The van der Waals surface area contributed by atoms with E-state index in [9.17, 15) is 18.0 Å². The van der Waals surface area contributed by atoms with Crippen LogP contribution in [0.15, 0.2) is 72.9 Å². The van der Waals surface area contributed by atoms with E-state index in [2.05, 4.69) is 25.4 Å². The van der Waals surface area contributed by atoms with Crippen LogP contribution in [0.5, 0.6) is 11.6 Å². The van der Waals surface area contributed by atoms with Gasteiger partial charge in [0.2, 0.25) is 5.88 Å². The highest BCUT2D eigenvalue weighted by atomic mass is 19.2. The number of nitrogens with one attached hydrogen (secondary N) is 2. The number of pyridine rings is 1. The number of likely N-dealkylation sites (tertiary alicyclic amines) is 1. The fourth-order valence-electron chi connectivity index (χ4n) is 5.01. The van der Waals surface area contributed by atoms with E-state index in [0.717, 1.165) is 25.9 Å². The number of aromatic nitrogens is 3. The van der Waals surface area contributed by atoms with Crippen LogP contribution in [0.2, 0.25) is 0 Å². The summed E-state index contributed by atoms with van der Waals surface area (Å²) in [4.78, 5) is 19.5. The second kappa shape index (κ2) is 11.4. The third-order valence-electron chi connectivity index (χ3n) is 7.06. The zero-order chi connectivity index (χ0) is 28.3. The van der Waals surface area contributed by atoms with E-state index >= 15 is 0 Å². The van der Waals surface area contributed by atoms with Crippen molar-refractivity contribution in [3.8, 4) is 22.8 Å². The molecule has 0 spiro atoms. The van der Waals surface area contributed by atoms with Gasteiger partial charge in [0.1, 0.15) is 11.6 Å². The number of amides is 1. The average molecular weight is 558 g/mol. The van der Waals surface area contributed by atoms with Crippen molar-refractivity contribution in [1.82, 2.24) is 20.1 Å². The first-order valence-corrected chi connectivity index (χ1v) is 13.3. The molecular weight excluding hydrogens is 531 g/mol. The Labute approximate surface area is 234 Å². The van der Waals surface area contributed by atoms with Gasteiger partial charge in [-0.25, -0.2) is 18.2 Å². The highest BCUT2D eigenvalue weighted by molar-refractivity contribution is 6.11.